The standard InChI is InChI=1S/C21H30N2O2/c1-25-21(17-8-3-7-16(11-17)20(22)24)18-9-4-10-19(21)14-23(13-18)12-15-5-2-6-15/h3,7-8,11,15,18-19H,2,4-6,9-10,12-14H2,1H3,(H2,22,24)/t18-,19+,21-. The van der Waals surface area contributed by atoms with Crippen molar-refractivity contribution in [3.05, 3.63) is 35.4 Å². The molecule has 136 valence electrons. The van der Waals surface area contributed by atoms with Gasteiger partial charge in [-0.15, -0.1) is 0 Å². The van der Waals surface area contributed by atoms with Gasteiger partial charge in [-0.05, 0) is 49.3 Å². The monoisotopic (exact) mass is 342 g/mol. The maximum Gasteiger partial charge on any atom is 0.248 e. The molecule has 4 heteroatoms. The molecule has 1 aliphatic heterocycles. The largest absolute Gasteiger partial charge is 0.373 e. The van der Waals surface area contributed by atoms with Gasteiger partial charge in [-0.1, -0.05) is 25.0 Å². The molecule has 1 aromatic carbocycles. The van der Waals surface area contributed by atoms with Crippen LogP contribution in [0.5, 0.6) is 0 Å². The van der Waals surface area contributed by atoms with Crippen LogP contribution in [0.25, 0.3) is 0 Å². The van der Waals surface area contributed by atoms with Crippen molar-refractivity contribution in [2.24, 2.45) is 23.5 Å². The van der Waals surface area contributed by atoms with Crippen LogP contribution < -0.4 is 5.73 Å². The Labute approximate surface area is 150 Å². The Morgan fingerprint density at radius 3 is 2.44 bits per heavy atom. The van der Waals surface area contributed by atoms with E-state index in [1.165, 1.54) is 45.1 Å². The first-order chi connectivity index (χ1) is 12.1. The maximum atomic E-state index is 11.7. The Hall–Kier alpha value is -1.39. The van der Waals surface area contributed by atoms with Crippen LogP contribution in [-0.4, -0.2) is 37.6 Å². The molecule has 4 rings (SSSR count). The van der Waals surface area contributed by atoms with E-state index in [1.807, 2.05) is 19.2 Å². The topological polar surface area (TPSA) is 55.6 Å². The van der Waals surface area contributed by atoms with E-state index in [0.29, 0.717) is 17.4 Å². The second-order valence-corrected chi connectivity index (χ2v) is 8.28. The van der Waals surface area contributed by atoms with E-state index in [2.05, 4.69) is 11.0 Å². The summed E-state index contributed by atoms with van der Waals surface area (Å²) in [4.78, 5) is 14.3. The molecule has 4 nitrogen and oxygen atoms in total. The lowest BCUT2D eigenvalue weighted by molar-refractivity contribution is -0.171. The molecular weight excluding hydrogens is 312 g/mol. The highest BCUT2D eigenvalue weighted by Gasteiger charge is 2.53. The summed E-state index contributed by atoms with van der Waals surface area (Å²) in [6.07, 6.45) is 7.91. The number of methoxy groups -OCH3 is 1. The molecule has 1 aromatic rings. The summed E-state index contributed by atoms with van der Waals surface area (Å²) in [5.41, 5.74) is 6.99. The average Bonchev–Trinajstić information content (AvgIpc) is 2.57. The fourth-order valence-electron chi connectivity index (χ4n) is 5.55. The minimum absolute atomic E-state index is 0.264. The molecular formula is C21H30N2O2. The van der Waals surface area contributed by atoms with Gasteiger partial charge in [0.1, 0.15) is 5.60 Å². The number of nitrogens with zero attached hydrogens (tertiary/aromatic N) is 1. The van der Waals surface area contributed by atoms with Gasteiger partial charge in [0, 0.05) is 44.1 Å². The van der Waals surface area contributed by atoms with E-state index in [-0.39, 0.29) is 11.5 Å². The minimum atomic E-state index is -0.360. The van der Waals surface area contributed by atoms with Crippen molar-refractivity contribution in [2.75, 3.05) is 26.7 Å². The van der Waals surface area contributed by atoms with Crippen LogP contribution in [0.3, 0.4) is 0 Å². The van der Waals surface area contributed by atoms with Crippen molar-refractivity contribution < 1.29 is 9.53 Å². The lowest BCUT2D eigenvalue weighted by atomic mass is 9.62. The molecule has 2 saturated carbocycles. The smallest absolute Gasteiger partial charge is 0.248 e. The Balaban J connectivity index is 1.64. The van der Waals surface area contributed by atoms with E-state index in [9.17, 15) is 4.79 Å². The number of hydrogen-bond acceptors (Lipinski definition) is 3. The summed E-state index contributed by atoms with van der Waals surface area (Å²) < 4.78 is 6.28. The lowest BCUT2D eigenvalue weighted by Gasteiger charge is -2.56. The summed E-state index contributed by atoms with van der Waals surface area (Å²) in [6, 6.07) is 7.85. The van der Waals surface area contributed by atoms with Gasteiger partial charge < -0.3 is 15.4 Å². The van der Waals surface area contributed by atoms with Gasteiger partial charge in [0.15, 0.2) is 0 Å². The van der Waals surface area contributed by atoms with Gasteiger partial charge in [0.05, 0.1) is 0 Å². The van der Waals surface area contributed by atoms with E-state index in [4.69, 9.17) is 10.5 Å². The number of piperidine rings is 1. The third-order valence-electron chi connectivity index (χ3n) is 6.95. The van der Waals surface area contributed by atoms with Crippen LogP contribution in [0.15, 0.2) is 24.3 Å². The highest BCUT2D eigenvalue weighted by Crippen LogP contribution is 2.51. The maximum absolute atomic E-state index is 11.7. The molecule has 0 spiro atoms. The van der Waals surface area contributed by atoms with Crippen LogP contribution >= 0.6 is 0 Å². The van der Waals surface area contributed by atoms with Crippen LogP contribution in [-0.2, 0) is 10.3 Å². The number of carbonyl (C=O) groups excluding carboxylic acids is 1. The summed E-state index contributed by atoms with van der Waals surface area (Å²) in [7, 11) is 1.85. The molecule has 2 N–H and O–H groups in total. The summed E-state index contributed by atoms with van der Waals surface area (Å²) >= 11 is 0. The molecule has 3 fully saturated rings. The van der Waals surface area contributed by atoms with Crippen molar-refractivity contribution in [3.8, 4) is 0 Å². The van der Waals surface area contributed by atoms with Crippen molar-refractivity contribution in [3.63, 3.8) is 0 Å². The van der Waals surface area contributed by atoms with E-state index < -0.39 is 0 Å². The normalized spacial score (nSPS) is 33.0. The molecule has 0 unspecified atom stereocenters. The van der Waals surface area contributed by atoms with Crippen LogP contribution in [0.1, 0.15) is 54.4 Å². The van der Waals surface area contributed by atoms with Gasteiger partial charge in [-0.2, -0.15) is 0 Å². The second kappa shape index (κ2) is 6.73. The van der Waals surface area contributed by atoms with Gasteiger partial charge >= 0.3 is 0 Å². The number of rotatable bonds is 5. The van der Waals surface area contributed by atoms with Crippen molar-refractivity contribution in [1.29, 1.82) is 0 Å². The molecule has 3 atom stereocenters. The number of amides is 1. The zero-order valence-electron chi connectivity index (χ0n) is 15.2. The van der Waals surface area contributed by atoms with Gasteiger partial charge in [-0.25, -0.2) is 0 Å². The third-order valence-corrected chi connectivity index (χ3v) is 6.95. The fourth-order valence-corrected chi connectivity index (χ4v) is 5.55. The first-order valence-electron chi connectivity index (χ1n) is 9.81. The number of nitrogens with two attached hydrogens (primary N) is 1. The molecule has 0 aromatic heterocycles. The lowest BCUT2D eigenvalue weighted by Crippen LogP contribution is -2.59. The first-order valence-corrected chi connectivity index (χ1v) is 9.81. The predicted molar refractivity (Wildman–Crippen MR) is 98.3 cm³/mol. The molecule has 1 saturated heterocycles. The van der Waals surface area contributed by atoms with Crippen LogP contribution in [0.2, 0.25) is 0 Å². The van der Waals surface area contributed by atoms with Gasteiger partial charge in [0.25, 0.3) is 0 Å². The molecule has 25 heavy (non-hydrogen) atoms. The average molecular weight is 342 g/mol. The number of benzene rings is 1. The summed E-state index contributed by atoms with van der Waals surface area (Å²) in [6.45, 7) is 3.48. The van der Waals surface area contributed by atoms with E-state index in [0.717, 1.165) is 24.6 Å². The molecule has 3 aliphatic rings. The molecule has 2 aliphatic carbocycles. The number of ether oxygens (including phenoxy) is 1. The number of primary amides is 1. The Morgan fingerprint density at radius 1 is 1.20 bits per heavy atom. The number of fused-ring (bicyclic) bond motifs is 2. The minimum Gasteiger partial charge on any atom is -0.373 e. The summed E-state index contributed by atoms with van der Waals surface area (Å²) in [5, 5.41) is 0. The van der Waals surface area contributed by atoms with Gasteiger partial charge in [0.2, 0.25) is 5.91 Å². The highest BCUT2D eigenvalue weighted by molar-refractivity contribution is 5.92. The van der Waals surface area contributed by atoms with E-state index in [1.54, 1.807) is 6.07 Å². The Kier molecular flexibility index (Phi) is 4.59. The predicted octanol–water partition coefficient (Wildman–Crippen LogP) is 3.16. The molecule has 1 amide bonds. The molecule has 1 heterocycles. The van der Waals surface area contributed by atoms with Crippen LogP contribution in [0, 0.1) is 17.8 Å². The number of hydrogen-bond donors (Lipinski definition) is 1. The highest BCUT2D eigenvalue weighted by atomic mass is 16.5. The third kappa shape index (κ3) is 2.89. The number of carbonyl (C=O) groups is 1. The van der Waals surface area contributed by atoms with Crippen molar-refractivity contribution in [2.45, 2.75) is 44.1 Å². The fraction of sp³-hybridized carbons (Fsp3) is 0.667. The Morgan fingerprint density at radius 2 is 1.88 bits per heavy atom. The molecule has 2 bridgehead atoms. The Bertz CT molecular complexity index is 627. The second-order valence-electron chi connectivity index (χ2n) is 8.28. The van der Waals surface area contributed by atoms with Crippen LogP contribution in [0.4, 0.5) is 0 Å². The number of likely N-dealkylation sites (tertiary alicyclic amines) is 1. The first kappa shape index (κ1) is 17.0. The zero-order valence-corrected chi connectivity index (χ0v) is 15.2. The van der Waals surface area contributed by atoms with Crippen molar-refractivity contribution >= 4 is 5.91 Å². The van der Waals surface area contributed by atoms with Crippen molar-refractivity contribution in [1.82, 2.24) is 4.90 Å². The molecule has 0 radical (unpaired) electrons. The quantitative estimate of drug-likeness (QED) is 0.894. The SMILES string of the molecule is CO[C@]1(c2cccc(C(N)=O)c2)[C@@H]2CCC[C@H]1CN(CC1CCC1)C2. The van der Waals surface area contributed by atoms with E-state index >= 15 is 0 Å². The zero-order chi connectivity index (χ0) is 17.4. The van der Waals surface area contributed by atoms with Gasteiger partial charge in [-0.3, -0.25) is 4.79 Å². The summed E-state index contributed by atoms with van der Waals surface area (Å²) in [5.74, 6) is 1.54.